The van der Waals surface area contributed by atoms with Crippen LogP contribution in [-0.4, -0.2) is 0 Å². The van der Waals surface area contributed by atoms with E-state index in [0.29, 0.717) is 0 Å². The fourth-order valence-electron chi connectivity index (χ4n) is 8.50. The third-order valence-electron chi connectivity index (χ3n) is 11.0. The number of anilines is 3. The van der Waals surface area contributed by atoms with Crippen molar-refractivity contribution in [2.45, 2.75) is 0 Å². The van der Waals surface area contributed by atoms with Gasteiger partial charge in [-0.15, -0.1) is 0 Å². The van der Waals surface area contributed by atoms with Crippen molar-refractivity contribution >= 4 is 82.1 Å². The van der Waals surface area contributed by atoms with Gasteiger partial charge in [0.1, 0.15) is 11.2 Å². The Morgan fingerprint density at radius 1 is 0.315 bits per heavy atom. The van der Waals surface area contributed by atoms with Crippen LogP contribution in [0.1, 0.15) is 0 Å². The smallest absolute Gasteiger partial charge is 0.143 e. The summed E-state index contributed by atoms with van der Waals surface area (Å²) < 4.78 is 6.59. The van der Waals surface area contributed by atoms with E-state index in [9.17, 15) is 0 Å². The minimum Gasteiger partial charge on any atom is -0.455 e. The Bertz CT molecular complexity index is 3230. The number of para-hydroxylation sites is 3. The van der Waals surface area contributed by atoms with E-state index in [1.807, 2.05) is 6.07 Å². The minimum absolute atomic E-state index is 0.896. The molecule has 0 bridgehead atoms. The molecule has 0 amide bonds. The normalized spacial score (nSPS) is 11.7. The van der Waals surface area contributed by atoms with Crippen LogP contribution in [0.5, 0.6) is 0 Å². The molecule has 1 aromatic heterocycles. The van der Waals surface area contributed by atoms with Crippen molar-refractivity contribution in [3.8, 4) is 22.3 Å². The van der Waals surface area contributed by atoms with Crippen molar-refractivity contribution in [2.24, 2.45) is 0 Å². The van der Waals surface area contributed by atoms with E-state index in [-0.39, 0.29) is 0 Å². The second-order valence-electron chi connectivity index (χ2n) is 14.1. The van der Waals surface area contributed by atoms with Gasteiger partial charge in [-0.2, -0.15) is 0 Å². The van der Waals surface area contributed by atoms with Crippen molar-refractivity contribution in [1.82, 2.24) is 0 Å². The first-order chi connectivity index (χ1) is 26.8. The molecule has 1 heterocycles. The SMILES string of the molecule is c1ccc(N(c2ccc(-c3cccc4c3ccc3ccccc34)cc2)c2ccc3c(ccc4ccccc43)c2)c(-c2cccc3c2oc2ccccc23)c1. The summed E-state index contributed by atoms with van der Waals surface area (Å²) in [5.74, 6) is 0. The molecule has 11 aromatic rings. The molecule has 10 aromatic carbocycles. The Hall–Kier alpha value is -7.16. The minimum atomic E-state index is 0.896. The molecule has 252 valence electrons. The van der Waals surface area contributed by atoms with Gasteiger partial charge in [0.2, 0.25) is 0 Å². The van der Waals surface area contributed by atoms with E-state index in [1.165, 1.54) is 54.2 Å². The summed E-state index contributed by atoms with van der Waals surface area (Å²) in [7, 11) is 0. The van der Waals surface area contributed by atoms with E-state index < -0.39 is 0 Å². The van der Waals surface area contributed by atoms with Crippen molar-refractivity contribution in [1.29, 1.82) is 0 Å². The largest absolute Gasteiger partial charge is 0.455 e. The Kier molecular flexibility index (Phi) is 6.90. The molecule has 54 heavy (non-hydrogen) atoms. The highest BCUT2D eigenvalue weighted by molar-refractivity contribution is 6.13. The monoisotopic (exact) mass is 687 g/mol. The standard InChI is InChI=1S/C52H33NO/c1-3-13-40-34(11-1)23-24-37-33-39(30-32-43(37)40)53(50-21-7-5-15-46(50)48-19-10-20-49-47-16-6-8-22-51(47)54-52(48)49)38-28-25-36(26-29-38)42-17-9-18-44-41-14-4-2-12-35(41)27-31-45(42)44/h1-33H. The molecular weight excluding hydrogens is 655 g/mol. The number of nitrogens with zero attached hydrogens (tertiary/aromatic N) is 1. The Balaban J connectivity index is 1.11. The highest BCUT2D eigenvalue weighted by Gasteiger charge is 2.21. The van der Waals surface area contributed by atoms with Gasteiger partial charge in [0.15, 0.2) is 0 Å². The zero-order chi connectivity index (χ0) is 35.6. The fourth-order valence-corrected chi connectivity index (χ4v) is 8.50. The summed E-state index contributed by atoms with van der Waals surface area (Å²) in [6.07, 6.45) is 0. The van der Waals surface area contributed by atoms with E-state index in [1.54, 1.807) is 0 Å². The molecule has 0 N–H and O–H groups in total. The average Bonchev–Trinajstić information content (AvgIpc) is 3.63. The molecule has 0 saturated carbocycles. The van der Waals surface area contributed by atoms with E-state index in [0.717, 1.165) is 50.1 Å². The first-order valence-corrected chi connectivity index (χ1v) is 18.5. The lowest BCUT2D eigenvalue weighted by Crippen LogP contribution is -2.11. The van der Waals surface area contributed by atoms with Crippen molar-refractivity contribution in [3.63, 3.8) is 0 Å². The number of benzene rings is 10. The molecule has 0 unspecified atom stereocenters. The van der Waals surface area contributed by atoms with E-state index in [2.05, 4.69) is 199 Å². The summed E-state index contributed by atoms with van der Waals surface area (Å²) in [4.78, 5) is 2.39. The molecule has 11 rings (SSSR count). The molecule has 0 atom stereocenters. The van der Waals surface area contributed by atoms with Gasteiger partial charge < -0.3 is 9.32 Å². The number of hydrogen-bond donors (Lipinski definition) is 0. The molecule has 0 spiro atoms. The maximum Gasteiger partial charge on any atom is 0.143 e. The van der Waals surface area contributed by atoms with E-state index >= 15 is 0 Å². The summed E-state index contributed by atoms with van der Waals surface area (Å²) in [6.45, 7) is 0. The summed E-state index contributed by atoms with van der Waals surface area (Å²) >= 11 is 0. The average molecular weight is 688 g/mol. The fraction of sp³-hybridized carbons (Fsp3) is 0. The molecule has 2 heteroatoms. The van der Waals surface area contributed by atoms with Crippen molar-refractivity contribution < 1.29 is 4.42 Å². The van der Waals surface area contributed by atoms with Crippen LogP contribution in [0.3, 0.4) is 0 Å². The molecular formula is C52H33NO. The van der Waals surface area contributed by atoms with Gasteiger partial charge in [0, 0.05) is 33.3 Å². The lowest BCUT2D eigenvalue weighted by Gasteiger charge is -2.28. The van der Waals surface area contributed by atoms with Crippen LogP contribution in [0.2, 0.25) is 0 Å². The van der Waals surface area contributed by atoms with Crippen molar-refractivity contribution in [2.75, 3.05) is 4.90 Å². The maximum absolute atomic E-state index is 6.59. The van der Waals surface area contributed by atoms with Gasteiger partial charge >= 0.3 is 0 Å². The van der Waals surface area contributed by atoms with Gasteiger partial charge in [-0.3, -0.25) is 0 Å². The van der Waals surface area contributed by atoms with E-state index in [4.69, 9.17) is 4.42 Å². The summed E-state index contributed by atoms with van der Waals surface area (Å²) in [5, 5.41) is 12.3. The lowest BCUT2D eigenvalue weighted by atomic mass is 9.94. The molecule has 0 aliphatic carbocycles. The Morgan fingerprint density at radius 2 is 0.870 bits per heavy atom. The molecule has 0 fully saturated rings. The number of hydrogen-bond acceptors (Lipinski definition) is 2. The third-order valence-corrected chi connectivity index (χ3v) is 11.0. The van der Waals surface area contributed by atoms with Crippen LogP contribution in [0.15, 0.2) is 205 Å². The molecule has 0 radical (unpaired) electrons. The van der Waals surface area contributed by atoms with Crippen LogP contribution < -0.4 is 4.90 Å². The zero-order valence-electron chi connectivity index (χ0n) is 29.4. The summed E-state index contributed by atoms with van der Waals surface area (Å²) in [5.41, 5.74) is 9.62. The predicted octanol–water partition coefficient (Wildman–Crippen LogP) is 15.0. The topological polar surface area (TPSA) is 16.4 Å². The van der Waals surface area contributed by atoms with Crippen LogP contribution in [-0.2, 0) is 0 Å². The second-order valence-corrected chi connectivity index (χ2v) is 14.1. The highest BCUT2D eigenvalue weighted by Crippen LogP contribution is 2.45. The molecule has 0 saturated heterocycles. The zero-order valence-corrected chi connectivity index (χ0v) is 29.4. The van der Waals surface area contributed by atoms with Crippen LogP contribution in [0.25, 0.3) is 87.3 Å². The maximum atomic E-state index is 6.59. The first-order valence-electron chi connectivity index (χ1n) is 18.5. The van der Waals surface area contributed by atoms with Crippen LogP contribution in [0, 0.1) is 0 Å². The number of rotatable bonds is 5. The van der Waals surface area contributed by atoms with Crippen molar-refractivity contribution in [3.05, 3.63) is 200 Å². The predicted molar refractivity (Wildman–Crippen MR) is 229 cm³/mol. The quantitative estimate of drug-likeness (QED) is 0.168. The lowest BCUT2D eigenvalue weighted by molar-refractivity contribution is 0.670. The summed E-state index contributed by atoms with van der Waals surface area (Å²) in [6, 6.07) is 72.3. The van der Waals surface area contributed by atoms with Gasteiger partial charge in [-0.1, -0.05) is 164 Å². The number of fused-ring (bicyclic) bond motifs is 9. The molecule has 2 nitrogen and oxygen atoms in total. The highest BCUT2D eigenvalue weighted by atomic mass is 16.3. The number of furan rings is 1. The van der Waals surface area contributed by atoms with Gasteiger partial charge in [0.25, 0.3) is 0 Å². The second kappa shape index (κ2) is 12.2. The van der Waals surface area contributed by atoms with Crippen LogP contribution >= 0.6 is 0 Å². The van der Waals surface area contributed by atoms with Crippen LogP contribution in [0.4, 0.5) is 17.1 Å². The third kappa shape index (κ3) is 4.81. The molecule has 0 aliphatic rings. The Morgan fingerprint density at radius 3 is 1.70 bits per heavy atom. The van der Waals surface area contributed by atoms with Gasteiger partial charge in [-0.25, -0.2) is 0 Å². The Labute approximate surface area is 312 Å². The van der Waals surface area contributed by atoms with Gasteiger partial charge in [-0.05, 0) is 90.6 Å². The molecule has 0 aliphatic heterocycles. The first kappa shape index (κ1) is 30.5. The van der Waals surface area contributed by atoms with Gasteiger partial charge in [0.05, 0.1) is 5.69 Å².